The van der Waals surface area contributed by atoms with E-state index in [9.17, 15) is 0 Å². The van der Waals surface area contributed by atoms with Gasteiger partial charge in [-0.25, -0.2) is 4.98 Å². The van der Waals surface area contributed by atoms with Crippen molar-refractivity contribution in [2.45, 2.75) is 46.0 Å². The number of hydrogen-bond acceptors (Lipinski definition) is 4. The van der Waals surface area contributed by atoms with Crippen molar-refractivity contribution in [1.29, 1.82) is 0 Å². The summed E-state index contributed by atoms with van der Waals surface area (Å²) in [5.41, 5.74) is 1.09. The van der Waals surface area contributed by atoms with Gasteiger partial charge in [0.1, 0.15) is 5.82 Å². The minimum absolute atomic E-state index is 0.390. The van der Waals surface area contributed by atoms with Crippen LogP contribution in [-0.4, -0.2) is 29.6 Å². The van der Waals surface area contributed by atoms with Crippen LogP contribution in [-0.2, 0) is 0 Å². The Bertz CT molecular complexity index is 428. The summed E-state index contributed by atoms with van der Waals surface area (Å²) in [5, 5.41) is 3.40. The average molecular weight is 327 g/mol. The number of aromatic nitrogens is 2. The lowest BCUT2D eigenvalue weighted by atomic mass is 10.1. The van der Waals surface area contributed by atoms with E-state index in [1.54, 1.807) is 0 Å². The quantitative estimate of drug-likeness (QED) is 0.893. The second-order valence-electron chi connectivity index (χ2n) is 5.35. The first-order valence-electron chi connectivity index (χ1n) is 7.19. The molecule has 1 aliphatic rings. The molecule has 0 aliphatic carbocycles. The zero-order valence-electron chi connectivity index (χ0n) is 12.0. The molecule has 1 aromatic rings. The molecule has 0 spiro atoms. The Balaban J connectivity index is 2.35. The van der Waals surface area contributed by atoms with Crippen LogP contribution < -0.4 is 10.2 Å². The molecule has 19 heavy (non-hydrogen) atoms. The molecular weight excluding hydrogens is 304 g/mol. The monoisotopic (exact) mass is 326 g/mol. The lowest BCUT2D eigenvalue weighted by Gasteiger charge is -2.20. The highest BCUT2D eigenvalue weighted by molar-refractivity contribution is 9.10. The van der Waals surface area contributed by atoms with E-state index in [1.807, 2.05) is 0 Å². The third kappa shape index (κ3) is 3.38. The fraction of sp³-hybridized carbons (Fsp3) is 0.714. The van der Waals surface area contributed by atoms with Gasteiger partial charge in [-0.1, -0.05) is 20.8 Å². The molecule has 1 fully saturated rings. The lowest BCUT2D eigenvalue weighted by Crippen LogP contribution is -2.22. The van der Waals surface area contributed by atoms with Crippen molar-refractivity contribution in [2.24, 2.45) is 0 Å². The normalized spacial score (nSPS) is 15.3. The fourth-order valence-electron chi connectivity index (χ4n) is 2.25. The van der Waals surface area contributed by atoms with Crippen LogP contribution in [0, 0.1) is 0 Å². The fourth-order valence-corrected chi connectivity index (χ4v) is 3.03. The molecule has 106 valence electrons. The third-order valence-corrected chi connectivity index (χ3v) is 4.13. The minimum atomic E-state index is 0.390. The minimum Gasteiger partial charge on any atom is -0.369 e. The van der Waals surface area contributed by atoms with Gasteiger partial charge in [-0.05, 0) is 41.1 Å². The molecule has 0 amide bonds. The molecule has 1 aromatic heterocycles. The van der Waals surface area contributed by atoms with Gasteiger partial charge in [-0.3, -0.25) is 0 Å². The van der Waals surface area contributed by atoms with Crippen LogP contribution in [0.2, 0.25) is 0 Å². The average Bonchev–Trinajstić information content (AvgIpc) is 2.91. The van der Waals surface area contributed by atoms with Crippen LogP contribution in [0.15, 0.2) is 4.47 Å². The first-order chi connectivity index (χ1) is 9.13. The molecule has 1 saturated heterocycles. The maximum absolute atomic E-state index is 4.75. The Labute approximate surface area is 124 Å². The van der Waals surface area contributed by atoms with Gasteiger partial charge in [-0.2, -0.15) is 4.98 Å². The van der Waals surface area contributed by atoms with Crippen LogP contribution in [0.1, 0.15) is 51.6 Å². The second-order valence-corrected chi connectivity index (χ2v) is 6.14. The van der Waals surface area contributed by atoms with Crippen LogP contribution in [0.25, 0.3) is 0 Å². The van der Waals surface area contributed by atoms with Gasteiger partial charge in [-0.15, -0.1) is 0 Å². The number of halogens is 1. The number of nitrogens with one attached hydrogen (secondary N) is 1. The van der Waals surface area contributed by atoms with Gasteiger partial charge in [0.05, 0.1) is 10.2 Å². The number of anilines is 2. The molecular formula is C14H23BrN4. The molecule has 1 aliphatic heterocycles. The van der Waals surface area contributed by atoms with E-state index in [-0.39, 0.29) is 0 Å². The van der Waals surface area contributed by atoms with Crippen molar-refractivity contribution in [1.82, 2.24) is 9.97 Å². The molecule has 1 N–H and O–H groups in total. The van der Waals surface area contributed by atoms with Gasteiger partial charge in [0, 0.05) is 19.6 Å². The maximum atomic E-state index is 4.75. The highest BCUT2D eigenvalue weighted by Gasteiger charge is 2.20. The maximum Gasteiger partial charge on any atom is 0.227 e. The molecule has 5 heteroatoms. The molecule has 0 bridgehead atoms. The van der Waals surface area contributed by atoms with Crippen LogP contribution >= 0.6 is 15.9 Å². The molecule has 4 nitrogen and oxygen atoms in total. The summed E-state index contributed by atoms with van der Waals surface area (Å²) in [6.07, 6.45) is 3.58. The molecule has 0 unspecified atom stereocenters. The van der Waals surface area contributed by atoms with E-state index in [4.69, 9.17) is 9.97 Å². The Hall–Kier alpha value is -0.840. The summed E-state index contributed by atoms with van der Waals surface area (Å²) in [6.45, 7) is 9.59. The zero-order chi connectivity index (χ0) is 13.8. The van der Waals surface area contributed by atoms with E-state index >= 15 is 0 Å². The lowest BCUT2D eigenvalue weighted by molar-refractivity contribution is 0.787. The Kier molecular flexibility index (Phi) is 5.02. The zero-order valence-corrected chi connectivity index (χ0v) is 13.6. The summed E-state index contributed by atoms with van der Waals surface area (Å²) in [7, 11) is 0. The largest absolute Gasteiger partial charge is 0.369 e. The summed E-state index contributed by atoms with van der Waals surface area (Å²) in [4.78, 5) is 11.7. The van der Waals surface area contributed by atoms with Crippen molar-refractivity contribution in [3.63, 3.8) is 0 Å². The van der Waals surface area contributed by atoms with Crippen LogP contribution in [0.5, 0.6) is 0 Å². The van der Waals surface area contributed by atoms with Crippen molar-refractivity contribution in [2.75, 3.05) is 29.9 Å². The van der Waals surface area contributed by atoms with Crippen LogP contribution in [0.3, 0.4) is 0 Å². The smallest absolute Gasteiger partial charge is 0.227 e. The van der Waals surface area contributed by atoms with E-state index < -0.39 is 0 Å². The van der Waals surface area contributed by atoms with Gasteiger partial charge >= 0.3 is 0 Å². The highest BCUT2D eigenvalue weighted by atomic mass is 79.9. The topological polar surface area (TPSA) is 41.1 Å². The van der Waals surface area contributed by atoms with Crippen molar-refractivity contribution in [3.05, 3.63) is 10.2 Å². The summed E-state index contributed by atoms with van der Waals surface area (Å²) < 4.78 is 1.01. The van der Waals surface area contributed by atoms with E-state index in [0.29, 0.717) is 5.92 Å². The predicted octanol–water partition coefficient (Wildman–Crippen LogP) is 3.78. The summed E-state index contributed by atoms with van der Waals surface area (Å²) >= 11 is 3.65. The van der Waals surface area contributed by atoms with Crippen molar-refractivity contribution < 1.29 is 0 Å². The molecule has 2 rings (SSSR count). The molecule has 0 radical (unpaired) electrons. The van der Waals surface area contributed by atoms with Gasteiger partial charge in [0.2, 0.25) is 5.95 Å². The van der Waals surface area contributed by atoms with Crippen molar-refractivity contribution >= 4 is 27.7 Å². The first-order valence-corrected chi connectivity index (χ1v) is 7.99. The molecule has 2 heterocycles. The first kappa shape index (κ1) is 14.6. The molecule has 0 saturated carbocycles. The Morgan fingerprint density at radius 2 is 1.95 bits per heavy atom. The Morgan fingerprint density at radius 1 is 1.26 bits per heavy atom. The molecule has 0 atom stereocenters. The summed E-state index contributed by atoms with van der Waals surface area (Å²) in [6, 6.07) is 0. The second kappa shape index (κ2) is 6.55. The van der Waals surface area contributed by atoms with E-state index in [1.165, 1.54) is 12.8 Å². The van der Waals surface area contributed by atoms with Gasteiger partial charge in [0.25, 0.3) is 0 Å². The van der Waals surface area contributed by atoms with Crippen molar-refractivity contribution in [3.8, 4) is 0 Å². The van der Waals surface area contributed by atoms with Crippen LogP contribution in [0.4, 0.5) is 11.8 Å². The van der Waals surface area contributed by atoms with E-state index in [0.717, 1.165) is 48.0 Å². The van der Waals surface area contributed by atoms with E-state index in [2.05, 4.69) is 46.9 Å². The number of hydrogen-bond donors (Lipinski definition) is 1. The van der Waals surface area contributed by atoms with Gasteiger partial charge in [0.15, 0.2) is 0 Å². The highest BCUT2D eigenvalue weighted by Crippen LogP contribution is 2.31. The standard InChI is InChI=1S/C14H23BrN4/c1-4-7-16-13-11(15)12(10(2)3)17-14(18-13)19-8-5-6-9-19/h10H,4-9H2,1-3H3,(H,16,17,18). The number of rotatable bonds is 5. The van der Waals surface area contributed by atoms with Gasteiger partial charge < -0.3 is 10.2 Å². The molecule has 0 aromatic carbocycles. The summed E-state index contributed by atoms with van der Waals surface area (Å²) in [5.74, 6) is 2.20. The SMILES string of the molecule is CCCNc1nc(N2CCCC2)nc(C(C)C)c1Br. The predicted molar refractivity (Wildman–Crippen MR) is 84.0 cm³/mol. The number of nitrogens with zero attached hydrogens (tertiary/aromatic N) is 3. The Morgan fingerprint density at radius 3 is 2.53 bits per heavy atom. The third-order valence-electron chi connectivity index (χ3n) is 3.34.